The number of aromatic amines is 1. The Balaban J connectivity index is 2.19. The fraction of sp³-hybridized carbons (Fsp3) is 0. The zero-order valence-electron chi connectivity index (χ0n) is 9.28. The summed E-state index contributed by atoms with van der Waals surface area (Å²) in [5.74, 6) is -1.63. The van der Waals surface area contributed by atoms with E-state index in [-0.39, 0.29) is 27.1 Å². The molecule has 0 spiro atoms. The van der Waals surface area contributed by atoms with E-state index in [2.05, 4.69) is 15.3 Å². The molecule has 2 aromatic heterocycles. The van der Waals surface area contributed by atoms with Crippen LogP contribution in [0.5, 0.6) is 0 Å². The second-order valence-electron chi connectivity index (χ2n) is 3.57. The molecule has 8 heteroatoms. The van der Waals surface area contributed by atoms with Gasteiger partial charge >= 0.3 is 5.97 Å². The summed E-state index contributed by atoms with van der Waals surface area (Å²) in [5, 5.41) is 11.7. The van der Waals surface area contributed by atoms with Gasteiger partial charge in [-0.05, 0) is 12.1 Å². The number of carbonyl (C=O) groups is 2. The maximum Gasteiger partial charge on any atom is 0.337 e. The maximum absolute atomic E-state index is 11.8. The van der Waals surface area contributed by atoms with E-state index in [1.807, 2.05) is 0 Å². The molecule has 1 amide bonds. The van der Waals surface area contributed by atoms with Crippen LogP contribution in [0.3, 0.4) is 0 Å². The summed E-state index contributed by atoms with van der Waals surface area (Å²) in [7, 11) is 0. The quantitative estimate of drug-likeness (QED) is 0.812. The van der Waals surface area contributed by atoms with E-state index < -0.39 is 11.9 Å². The molecule has 0 aliphatic heterocycles. The highest BCUT2D eigenvalue weighted by molar-refractivity contribution is 6.41. The first-order valence-corrected chi connectivity index (χ1v) is 5.76. The molecular formula is C11H7Cl2N3O3. The van der Waals surface area contributed by atoms with Crippen molar-refractivity contribution in [2.75, 3.05) is 5.32 Å². The number of H-pyrrole nitrogens is 1. The second kappa shape index (κ2) is 5.29. The molecule has 19 heavy (non-hydrogen) atoms. The maximum atomic E-state index is 11.8. The normalized spacial score (nSPS) is 10.2. The lowest BCUT2D eigenvalue weighted by Gasteiger charge is -2.03. The average molecular weight is 300 g/mol. The monoisotopic (exact) mass is 299 g/mol. The highest BCUT2D eigenvalue weighted by atomic mass is 35.5. The standard InChI is InChI=1S/C11H7Cl2N3O3/c12-7-2-8(16-9(7)13)10(17)15-6-1-5(11(18)19)3-14-4-6/h1-4,16H,(H,15,17)(H,18,19). The third-order valence-corrected chi connectivity index (χ3v) is 2.91. The zero-order valence-corrected chi connectivity index (χ0v) is 10.8. The smallest absolute Gasteiger partial charge is 0.337 e. The molecule has 0 saturated carbocycles. The van der Waals surface area contributed by atoms with Gasteiger partial charge in [0.15, 0.2) is 0 Å². The minimum Gasteiger partial charge on any atom is -0.478 e. The average Bonchev–Trinajstić information content (AvgIpc) is 2.70. The highest BCUT2D eigenvalue weighted by Gasteiger charge is 2.13. The van der Waals surface area contributed by atoms with Crippen molar-refractivity contribution in [1.82, 2.24) is 9.97 Å². The van der Waals surface area contributed by atoms with Crippen molar-refractivity contribution < 1.29 is 14.7 Å². The Morgan fingerprint density at radius 1 is 1.26 bits per heavy atom. The predicted molar refractivity (Wildman–Crippen MR) is 70.0 cm³/mol. The predicted octanol–water partition coefficient (Wildman–Crippen LogP) is 2.67. The SMILES string of the molecule is O=C(O)c1cncc(NC(=O)c2cc(Cl)c(Cl)[nH]2)c1. The number of carboxylic acids is 1. The minimum atomic E-state index is -1.13. The lowest BCUT2D eigenvalue weighted by atomic mass is 10.2. The van der Waals surface area contributed by atoms with Crippen molar-refractivity contribution in [1.29, 1.82) is 0 Å². The van der Waals surface area contributed by atoms with E-state index in [0.717, 1.165) is 0 Å². The number of anilines is 1. The molecule has 2 rings (SSSR count). The number of carboxylic acid groups (broad SMARTS) is 1. The Morgan fingerprint density at radius 3 is 2.58 bits per heavy atom. The molecule has 0 atom stereocenters. The van der Waals surface area contributed by atoms with Crippen LogP contribution in [0, 0.1) is 0 Å². The van der Waals surface area contributed by atoms with Crippen molar-refractivity contribution in [3.8, 4) is 0 Å². The van der Waals surface area contributed by atoms with E-state index in [1.54, 1.807) is 0 Å². The van der Waals surface area contributed by atoms with Crippen molar-refractivity contribution in [3.63, 3.8) is 0 Å². The molecule has 0 saturated heterocycles. The molecule has 2 aromatic rings. The molecule has 0 unspecified atom stereocenters. The Kier molecular flexibility index (Phi) is 3.73. The number of halogens is 2. The summed E-state index contributed by atoms with van der Waals surface area (Å²) in [6, 6.07) is 2.66. The van der Waals surface area contributed by atoms with E-state index in [1.165, 1.54) is 24.5 Å². The van der Waals surface area contributed by atoms with E-state index >= 15 is 0 Å². The molecule has 2 heterocycles. The zero-order chi connectivity index (χ0) is 14.0. The van der Waals surface area contributed by atoms with Gasteiger partial charge in [0.2, 0.25) is 0 Å². The van der Waals surface area contributed by atoms with Crippen molar-refractivity contribution in [2.45, 2.75) is 0 Å². The van der Waals surface area contributed by atoms with Crippen LogP contribution in [0.4, 0.5) is 5.69 Å². The summed E-state index contributed by atoms with van der Waals surface area (Å²) in [4.78, 5) is 28.9. The Labute approximate surface area is 117 Å². The number of aromatic nitrogens is 2. The molecule has 3 N–H and O–H groups in total. The largest absolute Gasteiger partial charge is 0.478 e. The van der Waals surface area contributed by atoms with E-state index in [4.69, 9.17) is 28.3 Å². The van der Waals surface area contributed by atoms with Gasteiger partial charge in [0.1, 0.15) is 10.8 Å². The van der Waals surface area contributed by atoms with Crippen molar-refractivity contribution in [2.24, 2.45) is 0 Å². The van der Waals surface area contributed by atoms with Gasteiger partial charge < -0.3 is 15.4 Å². The number of rotatable bonds is 3. The molecule has 0 aliphatic carbocycles. The van der Waals surface area contributed by atoms with Gasteiger partial charge in [-0.25, -0.2) is 4.79 Å². The Bertz CT molecular complexity index is 635. The van der Waals surface area contributed by atoms with Gasteiger partial charge in [-0.15, -0.1) is 0 Å². The molecule has 0 aromatic carbocycles. The molecule has 98 valence electrons. The third-order valence-electron chi connectivity index (χ3n) is 2.21. The number of hydrogen-bond acceptors (Lipinski definition) is 3. The molecule has 0 aliphatic rings. The summed E-state index contributed by atoms with van der Waals surface area (Å²) in [5.41, 5.74) is 0.392. The number of nitrogens with one attached hydrogen (secondary N) is 2. The number of aromatic carboxylic acids is 1. The lowest BCUT2D eigenvalue weighted by molar-refractivity contribution is 0.0696. The van der Waals surface area contributed by atoms with Crippen LogP contribution in [-0.4, -0.2) is 27.0 Å². The summed E-state index contributed by atoms with van der Waals surface area (Å²) in [6.07, 6.45) is 2.51. The van der Waals surface area contributed by atoms with Gasteiger partial charge in [0, 0.05) is 6.20 Å². The summed E-state index contributed by atoms with van der Waals surface area (Å²) in [6.45, 7) is 0. The third kappa shape index (κ3) is 3.04. The van der Waals surface area contributed by atoms with Crippen LogP contribution in [-0.2, 0) is 0 Å². The van der Waals surface area contributed by atoms with Gasteiger partial charge in [-0.1, -0.05) is 23.2 Å². The summed E-state index contributed by atoms with van der Waals surface area (Å²) < 4.78 is 0. The molecular weight excluding hydrogens is 293 g/mol. The van der Waals surface area contributed by atoms with Gasteiger partial charge in [-0.2, -0.15) is 0 Å². The van der Waals surface area contributed by atoms with Gasteiger partial charge in [-0.3, -0.25) is 9.78 Å². The lowest BCUT2D eigenvalue weighted by Crippen LogP contribution is -2.13. The molecule has 6 nitrogen and oxygen atoms in total. The highest BCUT2D eigenvalue weighted by Crippen LogP contribution is 2.22. The van der Waals surface area contributed by atoms with E-state index in [9.17, 15) is 9.59 Å². The molecule has 0 radical (unpaired) electrons. The second-order valence-corrected chi connectivity index (χ2v) is 4.35. The molecule has 0 bridgehead atoms. The van der Waals surface area contributed by atoms with Crippen LogP contribution in [0.25, 0.3) is 0 Å². The van der Waals surface area contributed by atoms with Crippen LogP contribution in [0.15, 0.2) is 24.5 Å². The van der Waals surface area contributed by atoms with Crippen molar-refractivity contribution in [3.05, 3.63) is 46.0 Å². The minimum absolute atomic E-state index is 0.0275. The number of hydrogen-bond donors (Lipinski definition) is 3. The topological polar surface area (TPSA) is 95.1 Å². The number of carbonyl (C=O) groups excluding carboxylic acids is 1. The van der Waals surface area contributed by atoms with Gasteiger partial charge in [0.25, 0.3) is 5.91 Å². The first-order chi connectivity index (χ1) is 8.97. The summed E-state index contributed by atoms with van der Waals surface area (Å²) >= 11 is 11.4. The van der Waals surface area contributed by atoms with Crippen molar-refractivity contribution >= 4 is 40.8 Å². The fourth-order valence-electron chi connectivity index (χ4n) is 1.35. The Morgan fingerprint density at radius 2 is 2.00 bits per heavy atom. The molecule has 0 fully saturated rings. The first kappa shape index (κ1) is 13.4. The van der Waals surface area contributed by atoms with Crippen LogP contribution in [0.2, 0.25) is 10.2 Å². The van der Waals surface area contributed by atoms with Crippen LogP contribution in [0.1, 0.15) is 20.8 Å². The van der Waals surface area contributed by atoms with Gasteiger partial charge in [0.05, 0.1) is 22.5 Å². The van der Waals surface area contributed by atoms with Crippen LogP contribution >= 0.6 is 23.2 Å². The number of amides is 1. The van der Waals surface area contributed by atoms with E-state index in [0.29, 0.717) is 0 Å². The Hall–Kier alpha value is -2.05. The number of nitrogens with zero attached hydrogens (tertiary/aromatic N) is 1. The first-order valence-electron chi connectivity index (χ1n) is 5.01. The number of pyridine rings is 1. The fourth-order valence-corrected chi connectivity index (χ4v) is 1.66. The van der Waals surface area contributed by atoms with Crippen LogP contribution < -0.4 is 5.32 Å².